The third-order valence-electron chi connectivity index (χ3n) is 4.74. The summed E-state index contributed by atoms with van der Waals surface area (Å²) in [5.41, 5.74) is -5.23. The molecular weight excluding hydrogens is 484 g/mol. The van der Waals surface area contributed by atoms with Gasteiger partial charge in [-0.2, -0.15) is 18.3 Å². The summed E-state index contributed by atoms with van der Waals surface area (Å²) in [6.45, 7) is 8.27. The van der Waals surface area contributed by atoms with Gasteiger partial charge in [0.25, 0.3) is 11.5 Å². The number of hydrogen-bond acceptors (Lipinski definition) is 6. The van der Waals surface area contributed by atoms with Crippen molar-refractivity contribution in [3.63, 3.8) is 0 Å². The fraction of sp³-hybridized carbons (Fsp3) is 0.381. The minimum atomic E-state index is -4.99. The molecule has 0 aliphatic carbocycles. The van der Waals surface area contributed by atoms with Crippen LogP contribution in [-0.2, 0) is 22.8 Å². The smallest absolute Gasteiger partial charge is 0.405 e. The predicted octanol–water partition coefficient (Wildman–Crippen LogP) is 4.08. The highest BCUT2D eigenvalue weighted by Crippen LogP contribution is 2.28. The molecule has 0 N–H and O–H groups in total. The zero-order valence-electron chi connectivity index (χ0n) is 19.0. The van der Waals surface area contributed by atoms with Gasteiger partial charge in [0.1, 0.15) is 11.5 Å². The molecule has 0 amide bonds. The van der Waals surface area contributed by atoms with E-state index in [2.05, 4.69) is 10.2 Å². The van der Waals surface area contributed by atoms with Crippen LogP contribution >= 0.6 is 11.6 Å². The average molecular weight is 505 g/mol. The van der Waals surface area contributed by atoms with E-state index in [1.165, 1.54) is 0 Å². The van der Waals surface area contributed by atoms with Gasteiger partial charge in [-0.3, -0.25) is 14.2 Å². The molecule has 0 radical (unpaired) electrons. The van der Waals surface area contributed by atoms with Crippen LogP contribution in [0.2, 0.25) is 5.02 Å². The van der Waals surface area contributed by atoms with Crippen LogP contribution in [0.3, 0.4) is 0 Å². The second-order valence-electron chi connectivity index (χ2n) is 8.26. The first-order valence-electron chi connectivity index (χ1n) is 9.66. The van der Waals surface area contributed by atoms with E-state index in [1.807, 2.05) is 20.8 Å². The number of ether oxygens (including phenoxy) is 1. The molecule has 0 saturated carbocycles. The lowest BCUT2D eigenvalue weighted by atomic mass is 9.91. The molecule has 1 aromatic carbocycles. The van der Waals surface area contributed by atoms with E-state index < -0.39 is 51.9 Å². The number of halogens is 5. The molecule has 13 heteroatoms. The summed E-state index contributed by atoms with van der Waals surface area (Å²) in [5, 5.41) is 7.55. The Kier molecular flexibility index (Phi) is 7.56. The van der Waals surface area contributed by atoms with Gasteiger partial charge < -0.3 is 4.74 Å². The van der Waals surface area contributed by atoms with Crippen molar-refractivity contribution in [3.05, 3.63) is 61.1 Å². The van der Waals surface area contributed by atoms with Crippen LogP contribution in [0, 0.1) is 11.2 Å². The molecule has 0 fully saturated rings. The van der Waals surface area contributed by atoms with Gasteiger partial charge in [-0.25, -0.2) is 13.8 Å². The van der Waals surface area contributed by atoms with Gasteiger partial charge in [-0.05, 0) is 19.1 Å². The van der Waals surface area contributed by atoms with Gasteiger partial charge in [0.15, 0.2) is 0 Å². The molecule has 8 nitrogen and oxygen atoms in total. The Balaban J connectivity index is 2.84. The topological polar surface area (TPSA) is 95.0 Å². The highest BCUT2D eigenvalue weighted by atomic mass is 35.5. The Morgan fingerprint density at radius 1 is 1.06 bits per heavy atom. The first-order valence-corrected chi connectivity index (χ1v) is 10.0. The molecule has 2 rings (SSSR count). The summed E-state index contributed by atoms with van der Waals surface area (Å²) in [6, 6.07) is 1.72. The van der Waals surface area contributed by atoms with Crippen LogP contribution in [-0.4, -0.2) is 26.7 Å². The summed E-state index contributed by atoms with van der Waals surface area (Å²) in [6.07, 6.45) is -4.99. The second-order valence-corrected chi connectivity index (χ2v) is 8.67. The van der Waals surface area contributed by atoms with Crippen LogP contribution in [0.15, 0.2) is 38.0 Å². The van der Waals surface area contributed by atoms with Gasteiger partial charge in [0.2, 0.25) is 0 Å². The third-order valence-corrected chi connectivity index (χ3v) is 5.05. The maximum Gasteiger partial charge on any atom is 0.431 e. The molecule has 0 aliphatic heterocycles. The lowest BCUT2D eigenvalue weighted by molar-refractivity contribution is -0.144. The lowest BCUT2D eigenvalue weighted by Crippen LogP contribution is -2.41. The van der Waals surface area contributed by atoms with Crippen LogP contribution in [0.25, 0.3) is 5.69 Å². The second kappa shape index (κ2) is 9.53. The van der Waals surface area contributed by atoms with Crippen molar-refractivity contribution in [1.29, 1.82) is 0 Å². The lowest BCUT2D eigenvalue weighted by Gasteiger charge is -2.17. The van der Waals surface area contributed by atoms with E-state index in [0.717, 1.165) is 20.0 Å². The molecule has 184 valence electrons. The molecule has 1 aromatic heterocycles. The van der Waals surface area contributed by atoms with Gasteiger partial charge in [-0.15, -0.1) is 5.10 Å². The van der Waals surface area contributed by atoms with Crippen LogP contribution in [0.1, 0.15) is 45.9 Å². The number of carbonyl (C=O) groups excluding carboxylic acids is 1. The van der Waals surface area contributed by atoms with E-state index in [0.29, 0.717) is 11.8 Å². The number of nitrogens with zero attached hydrogens (tertiary/aromatic N) is 4. The molecule has 0 aliphatic rings. The van der Waals surface area contributed by atoms with E-state index in [9.17, 15) is 31.9 Å². The Morgan fingerprint density at radius 3 is 2.15 bits per heavy atom. The highest BCUT2D eigenvalue weighted by Gasteiger charge is 2.35. The largest absolute Gasteiger partial charge is 0.431 e. The van der Waals surface area contributed by atoms with Gasteiger partial charge in [-0.1, -0.05) is 32.4 Å². The third kappa shape index (κ3) is 5.79. The first-order chi connectivity index (χ1) is 15.4. The van der Waals surface area contributed by atoms with Crippen LogP contribution < -0.4 is 11.2 Å². The van der Waals surface area contributed by atoms with E-state index in [4.69, 9.17) is 16.3 Å². The average Bonchev–Trinajstić information content (AvgIpc) is 2.67. The number of benzene rings is 1. The number of rotatable bonds is 3. The monoisotopic (exact) mass is 504 g/mol. The maximum atomic E-state index is 14.7. The number of esters is 1. The molecule has 0 saturated heterocycles. The van der Waals surface area contributed by atoms with E-state index in [1.54, 1.807) is 6.92 Å². The van der Waals surface area contributed by atoms with Crippen LogP contribution in [0.5, 0.6) is 0 Å². The molecule has 34 heavy (non-hydrogen) atoms. The minimum absolute atomic E-state index is 0.160. The van der Waals surface area contributed by atoms with Crippen molar-refractivity contribution < 1.29 is 27.1 Å². The highest BCUT2D eigenvalue weighted by molar-refractivity contribution is 6.34. The Hall–Kier alpha value is -3.28. The van der Waals surface area contributed by atoms with Crippen LogP contribution in [0.4, 0.5) is 17.6 Å². The summed E-state index contributed by atoms with van der Waals surface area (Å²) < 4.78 is 59.5. The van der Waals surface area contributed by atoms with Crippen molar-refractivity contribution in [2.24, 2.45) is 22.7 Å². The molecule has 0 bridgehead atoms. The molecule has 0 unspecified atom stereocenters. The summed E-state index contributed by atoms with van der Waals surface area (Å²) in [5.74, 6) is -2.49. The van der Waals surface area contributed by atoms with Crippen molar-refractivity contribution in [1.82, 2.24) is 9.13 Å². The quantitative estimate of drug-likeness (QED) is 0.207. The van der Waals surface area contributed by atoms with E-state index >= 15 is 0 Å². The standard InChI is InChI=1S/C21H21ClF4N4O4/c1-10(20(3,4)5)27-28-18(34-11(2)31)12-7-15(14(23)8-13(12)22)30-17(32)9-16(21(24,25)26)29(6)19(30)33/h7-9H,1-6H3. The fourth-order valence-electron chi connectivity index (χ4n) is 2.53. The Morgan fingerprint density at radius 2 is 1.65 bits per heavy atom. The molecule has 2 aromatic rings. The summed E-state index contributed by atoms with van der Waals surface area (Å²) >= 11 is 6.09. The predicted molar refractivity (Wildman–Crippen MR) is 118 cm³/mol. The van der Waals surface area contributed by atoms with E-state index in [-0.39, 0.29) is 25.8 Å². The Labute approximate surface area is 196 Å². The first kappa shape index (κ1) is 27.0. The zero-order valence-corrected chi connectivity index (χ0v) is 19.8. The summed E-state index contributed by atoms with van der Waals surface area (Å²) in [4.78, 5) is 36.6. The number of hydrogen-bond donors (Lipinski definition) is 0. The zero-order chi connectivity index (χ0) is 26.2. The number of carbonyl (C=O) groups is 1. The Bertz CT molecular complexity index is 1320. The summed E-state index contributed by atoms with van der Waals surface area (Å²) in [7, 11) is 0.783. The van der Waals surface area contributed by atoms with Crippen molar-refractivity contribution in [2.45, 2.75) is 40.8 Å². The molecule has 0 atom stereocenters. The van der Waals surface area contributed by atoms with Gasteiger partial charge in [0.05, 0.1) is 16.3 Å². The normalized spacial score (nSPS) is 13.3. The fourth-order valence-corrected chi connectivity index (χ4v) is 2.76. The van der Waals surface area contributed by atoms with Crippen molar-refractivity contribution >= 4 is 29.2 Å². The van der Waals surface area contributed by atoms with Crippen molar-refractivity contribution in [3.8, 4) is 5.69 Å². The van der Waals surface area contributed by atoms with Crippen molar-refractivity contribution in [2.75, 3.05) is 0 Å². The SMILES string of the molecule is CC(=O)OC(=NN=C(C)C(C)(C)C)c1cc(-n2c(=O)cc(C(F)(F)F)n(C)c2=O)c(F)cc1Cl. The molecule has 0 spiro atoms. The minimum Gasteiger partial charge on any atom is -0.405 e. The van der Waals surface area contributed by atoms with Gasteiger partial charge >= 0.3 is 17.8 Å². The number of aromatic nitrogens is 2. The molecular formula is C21H21ClF4N4O4. The maximum absolute atomic E-state index is 14.7. The number of alkyl halides is 3. The molecule has 1 heterocycles. The van der Waals surface area contributed by atoms with Gasteiger partial charge in [0, 0.05) is 31.2 Å².